The number of carbonyl (C=O) groups excluding carboxylic acids is 2. The molecule has 0 radical (unpaired) electrons. The maximum absolute atomic E-state index is 12.3. The van der Waals surface area contributed by atoms with E-state index in [0.29, 0.717) is 22.0 Å². The van der Waals surface area contributed by atoms with Gasteiger partial charge in [0.1, 0.15) is 0 Å². The van der Waals surface area contributed by atoms with Gasteiger partial charge in [-0.15, -0.1) is 10.2 Å². The van der Waals surface area contributed by atoms with E-state index in [1.165, 1.54) is 16.7 Å². The fourth-order valence-electron chi connectivity index (χ4n) is 3.47. The molecule has 0 aliphatic rings. The third-order valence-electron chi connectivity index (χ3n) is 5.05. The van der Waals surface area contributed by atoms with Gasteiger partial charge in [-0.25, -0.2) is 0 Å². The average molecular weight is 413 g/mol. The van der Waals surface area contributed by atoms with Crippen LogP contribution in [0.15, 0.2) is 77.0 Å². The van der Waals surface area contributed by atoms with Crippen LogP contribution in [0.3, 0.4) is 0 Å². The number of hydrogen-bond donors (Lipinski definition) is 2. The summed E-state index contributed by atoms with van der Waals surface area (Å²) in [6.45, 7) is 3.72. The van der Waals surface area contributed by atoms with Gasteiger partial charge in [-0.05, 0) is 61.9 Å². The van der Waals surface area contributed by atoms with Crippen LogP contribution < -0.4 is 0 Å². The summed E-state index contributed by atoms with van der Waals surface area (Å²) in [5.41, 5.74) is 2.86. The first-order valence-corrected chi connectivity index (χ1v) is 9.56. The smallest absolute Gasteiger partial charge is 0.295 e. The molecule has 2 amide bonds. The summed E-state index contributed by atoms with van der Waals surface area (Å²) in [4.78, 5) is 24.6. The maximum Gasteiger partial charge on any atom is 0.295 e. The zero-order valence-electron chi connectivity index (χ0n) is 16.9. The topological polar surface area (TPSA) is 104 Å². The molecule has 0 saturated carbocycles. The van der Waals surface area contributed by atoms with Crippen LogP contribution in [-0.4, -0.2) is 26.6 Å². The summed E-state index contributed by atoms with van der Waals surface area (Å²) in [6, 6.07) is 18.3. The Bertz CT molecular complexity index is 1310. The molecule has 0 bridgehead atoms. The Morgan fingerprint density at radius 1 is 0.774 bits per heavy atom. The molecular formula is C24H19N3O4. The number of amides is 2. The van der Waals surface area contributed by atoms with Crippen molar-refractivity contribution in [2.24, 2.45) is 10.2 Å². The lowest BCUT2D eigenvalue weighted by Gasteiger charge is -2.07. The number of fused-ring (bicyclic) bond motifs is 1. The Balaban J connectivity index is 1.56. The molecular weight excluding hydrogens is 394 g/mol. The molecule has 0 fully saturated rings. The van der Waals surface area contributed by atoms with E-state index < -0.39 is 11.8 Å². The molecule has 7 nitrogen and oxygen atoms in total. The van der Waals surface area contributed by atoms with E-state index in [1.807, 2.05) is 13.0 Å². The van der Waals surface area contributed by atoms with Crippen molar-refractivity contribution in [1.82, 2.24) is 4.57 Å². The van der Waals surface area contributed by atoms with Crippen LogP contribution in [0.5, 0.6) is 11.8 Å². The third kappa shape index (κ3) is 3.69. The van der Waals surface area contributed by atoms with Crippen molar-refractivity contribution < 1.29 is 19.8 Å². The van der Waals surface area contributed by atoms with Crippen molar-refractivity contribution in [3.05, 3.63) is 89.0 Å². The monoisotopic (exact) mass is 413 g/mol. The Hall–Kier alpha value is -4.26. The number of aromatic nitrogens is 1. The highest BCUT2D eigenvalue weighted by Gasteiger charge is 2.17. The van der Waals surface area contributed by atoms with Gasteiger partial charge in [-0.2, -0.15) is 0 Å². The van der Waals surface area contributed by atoms with E-state index in [4.69, 9.17) is 0 Å². The minimum Gasteiger partial charge on any atom is -0.494 e. The quantitative estimate of drug-likeness (QED) is 0.456. The zero-order valence-corrected chi connectivity index (χ0v) is 16.9. The SMILES string of the molecule is Cc1ccc(C(=O)N=NC(=O)c2ccc(-n3c(O)c4ccccc4c3O)cc2)c(C)c1. The van der Waals surface area contributed by atoms with E-state index in [2.05, 4.69) is 10.2 Å². The number of aromatic hydroxyl groups is 2. The molecule has 0 aliphatic heterocycles. The molecule has 154 valence electrons. The second-order valence-electron chi connectivity index (χ2n) is 7.20. The lowest BCUT2D eigenvalue weighted by Crippen LogP contribution is -2.01. The normalized spacial score (nSPS) is 11.3. The number of benzene rings is 3. The largest absolute Gasteiger partial charge is 0.494 e. The Labute approximate surface area is 177 Å². The minimum atomic E-state index is -0.671. The van der Waals surface area contributed by atoms with Crippen LogP contribution in [0.1, 0.15) is 31.8 Å². The fraction of sp³-hybridized carbons (Fsp3) is 0.0833. The maximum atomic E-state index is 12.3. The zero-order chi connectivity index (χ0) is 22.1. The summed E-state index contributed by atoms with van der Waals surface area (Å²) >= 11 is 0. The van der Waals surface area contributed by atoms with Gasteiger partial charge in [-0.3, -0.25) is 14.2 Å². The van der Waals surface area contributed by atoms with Crippen LogP contribution in [0.4, 0.5) is 0 Å². The molecule has 4 rings (SSSR count). The molecule has 2 N–H and O–H groups in total. The first-order valence-electron chi connectivity index (χ1n) is 9.56. The second kappa shape index (κ2) is 7.87. The van der Waals surface area contributed by atoms with Gasteiger partial charge >= 0.3 is 0 Å². The Kier molecular flexibility index (Phi) is 5.09. The van der Waals surface area contributed by atoms with Gasteiger partial charge < -0.3 is 10.2 Å². The highest BCUT2D eigenvalue weighted by atomic mass is 16.3. The Morgan fingerprint density at radius 3 is 1.94 bits per heavy atom. The number of carbonyl (C=O) groups is 2. The molecule has 0 atom stereocenters. The first-order chi connectivity index (χ1) is 14.9. The molecule has 3 aromatic carbocycles. The van der Waals surface area contributed by atoms with Gasteiger partial charge in [0.25, 0.3) is 11.8 Å². The lowest BCUT2D eigenvalue weighted by atomic mass is 10.1. The average Bonchev–Trinajstić information content (AvgIpc) is 3.02. The molecule has 1 heterocycles. The van der Waals surface area contributed by atoms with Gasteiger partial charge in [0, 0.05) is 21.9 Å². The molecule has 1 aromatic heterocycles. The van der Waals surface area contributed by atoms with Crippen molar-refractivity contribution in [2.75, 3.05) is 0 Å². The van der Waals surface area contributed by atoms with Crippen molar-refractivity contribution in [2.45, 2.75) is 13.8 Å². The number of hydrogen-bond acceptors (Lipinski definition) is 4. The number of azo groups is 1. The van der Waals surface area contributed by atoms with Crippen LogP contribution in [0.25, 0.3) is 16.5 Å². The minimum absolute atomic E-state index is 0.106. The molecule has 31 heavy (non-hydrogen) atoms. The molecule has 0 unspecified atom stereocenters. The van der Waals surface area contributed by atoms with Gasteiger partial charge in [0.15, 0.2) is 0 Å². The van der Waals surface area contributed by atoms with Crippen molar-refractivity contribution in [3.63, 3.8) is 0 Å². The van der Waals surface area contributed by atoms with Gasteiger partial charge in [0.2, 0.25) is 11.8 Å². The summed E-state index contributed by atoms with van der Waals surface area (Å²) in [5.74, 6) is -1.47. The van der Waals surface area contributed by atoms with Crippen LogP contribution in [0, 0.1) is 13.8 Å². The Morgan fingerprint density at radius 2 is 1.35 bits per heavy atom. The van der Waals surface area contributed by atoms with E-state index in [9.17, 15) is 19.8 Å². The van der Waals surface area contributed by atoms with Crippen LogP contribution in [0.2, 0.25) is 0 Å². The predicted octanol–water partition coefficient (Wildman–Crippen LogP) is 5.09. The summed E-state index contributed by atoms with van der Waals surface area (Å²) in [7, 11) is 0. The van der Waals surface area contributed by atoms with Crippen molar-refractivity contribution in [1.29, 1.82) is 0 Å². The van der Waals surface area contributed by atoms with Crippen LogP contribution in [-0.2, 0) is 0 Å². The molecule has 7 heteroatoms. The molecule has 4 aromatic rings. The third-order valence-corrected chi connectivity index (χ3v) is 5.05. The van der Waals surface area contributed by atoms with E-state index in [1.54, 1.807) is 55.5 Å². The molecule has 0 saturated heterocycles. The second-order valence-corrected chi connectivity index (χ2v) is 7.20. The first kappa shape index (κ1) is 20.0. The highest BCUT2D eigenvalue weighted by Crippen LogP contribution is 2.38. The van der Waals surface area contributed by atoms with Gasteiger partial charge in [-0.1, -0.05) is 29.8 Å². The summed E-state index contributed by atoms with van der Waals surface area (Å²) in [5, 5.41) is 29.0. The summed E-state index contributed by atoms with van der Waals surface area (Å²) < 4.78 is 1.28. The van der Waals surface area contributed by atoms with Crippen LogP contribution >= 0.6 is 0 Å². The molecule has 0 aliphatic carbocycles. The van der Waals surface area contributed by atoms with Gasteiger partial charge in [0.05, 0.1) is 5.69 Å². The van der Waals surface area contributed by atoms with E-state index in [0.717, 1.165) is 11.1 Å². The lowest BCUT2D eigenvalue weighted by molar-refractivity contribution is 0.0946. The fourth-order valence-corrected chi connectivity index (χ4v) is 3.47. The van der Waals surface area contributed by atoms with Crippen molar-refractivity contribution in [3.8, 4) is 17.4 Å². The standard InChI is InChI=1S/C24H19N3O4/c1-14-7-12-18(15(2)13-14)22(29)26-25-21(28)16-8-10-17(11-9-16)27-23(30)19-5-3-4-6-20(19)24(27)31/h3-13,30-31H,1-2H3. The van der Waals surface area contributed by atoms with E-state index in [-0.39, 0.29) is 17.3 Å². The molecule has 0 spiro atoms. The summed E-state index contributed by atoms with van der Waals surface area (Å²) in [6.07, 6.45) is 0. The number of rotatable bonds is 3. The number of nitrogens with zero attached hydrogens (tertiary/aromatic N) is 3. The predicted molar refractivity (Wildman–Crippen MR) is 116 cm³/mol. The highest BCUT2D eigenvalue weighted by molar-refractivity contribution is 5.99. The van der Waals surface area contributed by atoms with Crippen molar-refractivity contribution >= 4 is 22.6 Å². The number of aryl methyl sites for hydroxylation is 2. The van der Waals surface area contributed by atoms with E-state index >= 15 is 0 Å².